The molecular weight excluding hydrogens is 254 g/mol. The lowest BCUT2D eigenvalue weighted by atomic mass is 9.93. The molecule has 1 atom stereocenters. The average molecular weight is 271 g/mol. The Kier molecular flexibility index (Phi) is 3.35. The minimum absolute atomic E-state index is 0.000718. The van der Waals surface area contributed by atoms with Gasteiger partial charge in [0.15, 0.2) is 0 Å². The second-order valence-corrected chi connectivity index (χ2v) is 6.12. The summed E-state index contributed by atoms with van der Waals surface area (Å²) in [5.41, 5.74) is 0.371. The number of sulfonamides is 1. The van der Waals surface area contributed by atoms with Crippen molar-refractivity contribution in [1.82, 2.24) is 0 Å². The van der Waals surface area contributed by atoms with E-state index in [0.29, 0.717) is 6.61 Å². The van der Waals surface area contributed by atoms with Gasteiger partial charge in [-0.05, 0) is 37.5 Å². The van der Waals surface area contributed by atoms with Crippen LogP contribution >= 0.6 is 0 Å². The predicted molar refractivity (Wildman–Crippen MR) is 66.9 cm³/mol. The molecule has 0 spiro atoms. The van der Waals surface area contributed by atoms with Crippen molar-refractivity contribution in [2.45, 2.75) is 30.3 Å². The summed E-state index contributed by atoms with van der Waals surface area (Å²) in [5.74, 6) is 0.253. The Hall–Kier alpha value is -1.11. The molecule has 1 aliphatic rings. The van der Waals surface area contributed by atoms with Crippen LogP contribution in [0.2, 0.25) is 0 Å². The van der Waals surface area contributed by atoms with Gasteiger partial charge < -0.3 is 9.47 Å². The number of benzene rings is 1. The molecule has 1 aromatic rings. The molecule has 1 saturated heterocycles. The average Bonchev–Trinajstić information content (AvgIpc) is 2.75. The predicted octanol–water partition coefficient (Wildman–Crippen LogP) is 1.37. The zero-order valence-electron chi connectivity index (χ0n) is 10.5. The summed E-state index contributed by atoms with van der Waals surface area (Å²) < 4.78 is 33.8. The fourth-order valence-electron chi connectivity index (χ4n) is 2.23. The maximum Gasteiger partial charge on any atom is 0.241 e. The molecule has 1 fully saturated rings. The van der Waals surface area contributed by atoms with Gasteiger partial charge in [0.1, 0.15) is 10.6 Å². The van der Waals surface area contributed by atoms with E-state index in [4.69, 9.17) is 14.6 Å². The van der Waals surface area contributed by atoms with Gasteiger partial charge in [0.05, 0.1) is 12.7 Å². The van der Waals surface area contributed by atoms with Gasteiger partial charge in [-0.25, -0.2) is 13.6 Å². The first-order chi connectivity index (χ1) is 8.37. The van der Waals surface area contributed by atoms with E-state index >= 15 is 0 Å². The minimum atomic E-state index is -3.80. The molecule has 0 aromatic heterocycles. The molecule has 0 radical (unpaired) electrons. The van der Waals surface area contributed by atoms with E-state index in [-0.39, 0.29) is 10.6 Å². The van der Waals surface area contributed by atoms with Gasteiger partial charge in [-0.3, -0.25) is 0 Å². The van der Waals surface area contributed by atoms with Crippen molar-refractivity contribution in [3.63, 3.8) is 0 Å². The van der Waals surface area contributed by atoms with Crippen molar-refractivity contribution in [2.24, 2.45) is 5.14 Å². The summed E-state index contributed by atoms with van der Waals surface area (Å²) in [6, 6.07) is 4.97. The Morgan fingerprint density at radius 1 is 1.44 bits per heavy atom. The third-order valence-electron chi connectivity index (χ3n) is 3.30. The topological polar surface area (TPSA) is 78.6 Å². The van der Waals surface area contributed by atoms with Crippen LogP contribution in [0.25, 0.3) is 0 Å². The molecule has 1 unspecified atom stereocenters. The van der Waals surface area contributed by atoms with Crippen molar-refractivity contribution in [1.29, 1.82) is 0 Å². The Balaban J connectivity index is 2.53. The van der Waals surface area contributed by atoms with E-state index in [0.717, 1.165) is 18.4 Å². The fraction of sp³-hybridized carbons (Fsp3) is 0.500. The smallest absolute Gasteiger partial charge is 0.241 e. The van der Waals surface area contributed by atoms with Crippen LogP contribution in [0.5, 0.6) is 5.75 Å². The number of primary sulfonamides is 1. The molecule has 2 rings (SSSR count). The van der Waals surface area contributed by atoms with Crippen molar-refractivity contribution in [3.05, 3.63) is 23.8 Å². The Bertz CT molecular complexity index is 547. The fourth-order valence-corrected chi connectivity index (χ4v) is 2.96. The Morgan fingerprint density at radius 3 is 2.67 bits per heavy atom. The number of ether oxygens (including phenoxy) is 2. The number of nitrogens with two attached hydrogens (primary N) is 1. The molecule has 1 aliphatic heterocycles. The van der Waals surface area contributed by atoms with Crippen LogP contribution in [0, 0.1) is 0 Å². The molecule has 6 heteroatoms. The molecule has 0 saturated carbocycles. The van der Waals surface area contributed by atoms with Gasteiger partial charge in [0.2, 0.25) is 10.0 Å². The zero-order valence-corrected chi connectivity index (χ0v) is 11.3. The second kappa shape index (κ2) is 4.53. The summed E-state index contributed by atoms with van der Waals surface area (Å²) in [5, 5.41) is 5.20. The number of methoxy groups -OCH3 is 1. The first-order valence-corrected chi connectivity index (χ1v) is 7.27. The highest BCUT2D eigenvalue weighted by atomic mass is 32.2. The van der Waals surface area contributed by atoms with Crippen LogP contribution in [0.4, 0.5) is 0 Å². The maximum absolute atomic E-state index is 11.5. The summed E-state index contributed by atoms with van der Waals surface area (Å²) >= 11 is 0. The molecule has 100 valence electrons. The van der Waals surface area contributed by atoms with Gasteiger partial charge in [0.25, 0.3) is 0 Å². The van der Waals surface area contributed by atoms with Crippen LogP contribution < -0.4 is 9.88 Å². The van der Waals surface area contributed by atoms with Gasteiger partial charge in [-0.2, -0.15) is 0 Å². The van der Waals surface area contributed by atoms with E-state index in [1.807, 2.05) is 13.0 Å². The highest BCUT2D eigenvalue weighted by Crippen LogP contribution is 2.38. The molecule has 18 heavy (non-hydrogen) atoms. The largest absolute Gasteiger partial charge is 0.495 e. The molecule has 0 amide bonds. The van der Waals surface area contributed by atoms with E-state index in [9.17, 15) is 8.42 Å². The lowest BCUT2D eigenvalue weighted by Crippen LogP contribution is -2.21. The lowest BCUT2D eigenvalue weighted by Gasteiger charge is -2.24. The van der Waals surface area contributed by atoms with Crippen molar-refractivity contribution in [3.8, 4) is 5.75 Å². The molecule has 5 nitrogen and oxygen atoms in total. The van der Waals surface area contributed by atoms with E-state index in [1.165, 1.54) is 7.11 Å². The standard InChI is InChI=1S/C12H17NO4S/c1-12(6-3-7-17-12)9-4-5-10(16-2)11(8-9)18(13,14)15/h4-5,8H,3,6-7H2,1-2H3,(H2,13,14,15). The number of hydrogen-bond donors (Lipinski definition) is 1. The molecule has 0 bridgehead atoms. The third kappa shape index (κ3) is 2.36. The van der Waals surface area contributed by atoms with Gasteiger partial charge in [-0.1, -0.05) is 6.07 Å². The van der Waals surface area contributed by atoms with Crippen LogP contribution in [0.1, 0.15) is 25.3 Å². The molecule has 2 N–H and O–H groups in total. The first kappa shape index (κ1) is 13.3. The van der Waals surface area contributed by atoms with E-state index < -0.39 is 15.6 Å². The first-order valence-electron chi connectivity index (χ1n) is 5.72. The highest BCUT2D eigenvalue weighted by molar-refractivity contribution is 7.89. The van der Waals surface area contributed by atoms with Crippen LogP contribution in [-0.4, -0.2) is 22.1 Å². The second-order valence-electron chi connectivity index (χ2n) is 4.59. The van der Waals surface area contributed by atoms with Gasteiger partial charge >= 0.3 is 0 Å². The van der Waals surface area contributed by atoms with E-state index in [1.54, 1.807) is 12.1 Å². The van der Waals surface area contributed by atoms with Gasteiger partial charge in [0, 0.05) is 6.61 Å². The van der Waals surface area contributed by atoms with Crippen LogP contribution in [0.3, 0.4) is 0 Å². The molecule has 1 aromatic carbocycles. The summed E-state index contributed by atoms with van der Waals surface area (Å²) in [6.07, 6.45) is 1.83. The molecule has 1 heterocycles. The molecule has 0 aliphatic carbocycles. The summed E-state index contributed by atoms with van der Waals surface area (Å²) in [7, 11) is -2.39. The highest BCUT2D eigenvalue weighted by Gasteiger charge is 2.33. The monoisotopic (exact) mass is 271 g/mol. The SMILES string of the molecule is COc1ccc(C2(C)CCCO2)cc1S(N)(=O)=O. The number of rotatable bonds is 3. The van der Waals surface area contributed by atoms with Crippen LogP contribution in [0.15, 0.2) is 23.1 Å². The summed E-state index contributed by atoms with van der Waals surface area (Å²) in [6.45, 7) is 2.64. The number of hydrogen-bond acceptors (Lipinski definition) is 4. The normalized spacial score (nSPS) is 24.2. The summed E-state index contributed by atoms with van der Waals surface area (Å²) in [4.78, 5) is -0.000718. The maximum atomic E-state index is 11.5. The minimum Gasteiger partial charge on any atom is -0.495 e. The lowest BCUT2D eigenvalue weighted by molar-refractivity contribution is 0.0166. The Labute approximate surface area is 107 Å². The third-order valence-corrected chi connectivity index (χ3v) is 4.23. The molecular formula is C12H17NO4S. The van der Waals surface area contributed by atoms with E-state index in [2.05, 4.69) is 0 Å². The van der Waals surface area contributed by atoms with Gasteiger partial charge in [-0.15, -0.1) is 0 Å². The Morgan fingerprint density at radius 2 is 2.17 bits per heavy atom. The van der Waals surface area contributed by atoms with Crippen molar-refractivity contribution in [2.75, 3.05) is 13.7 Å². The van der Waals surface area contributed by atoms with Crippen LogP contribution in [-0.2, 0) is 20.4 Å². The van der Waals surface area contributed by atoms with Crippen molar-refractivity contribution >= 4 is 10.0 Å². The van der Waals surface area contributed by atoms with Crippen molar-refractivity contribution < 1.29 is 17.9 Å². The quantitative estimate of drug-likeness (QED) is 0.900. The zero-order chi connectivity index (χ0) is 13.4.